The number of pyridine rings is 1. The minimum atomic E-state index is -0.344. The summed E-state index contributed by atoms with van der Waals surface area (Å²) in [5.74, 6) is 0.217. The van der Waals surface area contributed by atoms with Gasteiger partial charge in [0, 0.05) is 12.7 Å². The summed E-state index contributed by atoms with van der Waals surface area (Å²) in [5.41, 5.74) is 6.42. The van der Waals surface area contributed by atoms with E-state index in [1.807, 2.05) is 18.2 Å². The third kappa shape index (κ3) is 3.05. The van der Waals surface area contributed by atoms with Crippen LogP contribution < -0.4 is 10.5 Å². The maximum atomic E-state index is 13.1. The lowest BCUT2D eigenvalue weighted by Gasteiger charge is -2.17. The van der Waals surface area contributed by atoms with Crippen LogP contribution in [-0.4, -0.2) is 11.5 Å². The van der Waals surface area contributed by atoms with Gasteiger partial charge in [0.2, 0.25) is 0 Å². The molecule has 0 fully saturated rings. The first-order valence-corrected chi connectivity index (χ1v) is 6.22. The van der Waals surface area contributed by atoms with Crippen LogP contribution in [0.1, 0.15) is 11.8 Å². The molecule has 5 heteroatoms. The van der Waals surface area contributed by atoms with Gasteiger partial charge in [-0.05, 0) is 46.3 Å². The minimum Gasteiger partial charge on any atom is -0.483 e. The number of halogens is 2. The zero-order valence-electron chi connectivity index (χ0n) is 9.51. The fourth-order valence-corrected chi connectivity index (χ4v) is 1.87. The third-order valence-electron chi connectivity index (χ3n) is 2.40. The molecular formula is C13H12BrFN2O. The number of rotatable bonds is 4. The maximum absolute atomic E-state index is 13.1. The van der Waals surface area contributed by atoms with Crippen LogP contribution >= 0.6 is 15.9 Å². The average molecular weight is 311 g/mol. The average Bonchev–Trinajstić information content (AvgIpc) is 2.41. The zero-order valence-corrected chi connectivity index (χ0v) is 11.1. The molecule has 0 spiro atoms. The Hall–Kier alpha value is -1.46. The normalized spacial score (nSPS) is 12.2. The Morgan fingerprint density at radius 1 is 1.33 bits per heavy atom. The van der Waals surface area contributed by atoms with E-state index >= 15 is 0 Å². The predicted molar refractivity (Wildman–Crippen MR) is 70.8 cm³/mol. The highest BCUT2D eigenvalue weighted by Gasteiger charge is 2.13. The first-order chi connectivity index (χ1) is 8.70. The second-order valence-electron chi connectivity index (χ2n) is 3.67. The molecule has 1 aromatic carbocycles. The highest BCUT2D eigenvalue weighted by Crippen LogP contribution is 2.25. The number of benzene rings is 1. The molecule has 0 aliphatic heterocycles. The van der Waals surface area contributed by atoms with E-state index in [1.54, 1.807) is 18.3 Å². The molecule has 3 nitrogen and oxygen atoms in total. The standard InChI is InChI=1S/C13H12BrFN2O/c14-10-7-9(4-5-11(10)15)18-13(8-16)12-3-1-2-6-17-12/h1-7,13H,8,16H2. The quantitative estimate of drug-likeness (QED) is 0.944. The predicted octanol–water partition coefficient (Wildman–Crippen LogP) is 3.06. The van der Waals surface area contributed by atoms with Gasteiger partial charge in [0.15, 0.2) is 6.10 Å². The molecule has 1 heterocycles. The van der Waals surface area contributed by atoms with Crippen LogP contribution in [0.15, 0.2) is 47.1 Å². The summed E-state index contributed by atoms with van der Waals surface area (Å²) in [6.07, 6.45) is 1.34. The monoisotopic (exact) mass is 310 g/mol. The number of ether oxygens (including phenoxy) is 1. The SMILES string of the molecule is NCC(Oc1ccc(F)c(Br)c1)c1ccccn1. The van der Waals surface area contributed by atoms with Crippen LogP contribution in [0, 0.1) is 5.82 Å². The Bertz CT molecular complexity index is 522. The molecule has 2 rings (SSSR count). The van der Waals surface area contributed by atoms with E-state index < -0.39 is 0 Å². The molecule has 18 heavy (non-hydrogen) atoms. The number of nitrogens with two attached hydrogens (primary N) is 1. The van der Waals surface area contributed by atoms with Crippen molar-refractivity contribution in [3.63, 3.8) is 0 Å². The number of hydrogen-bond donors (Lipinski definition) is 1. The Balaban J connectivity index is 2.18. The summed E-state index contributed by atoms with van der Waals surface area (Å²) in [5, 5.41) is 0. The van der Waals surface area contributed by atoms with Crippen LogP contribution in [-0.2, 0) is 0 Å². The molecule has 0 bridgehead atoms. The molecule has 0 saturated heterocycles. The van der Waals surface area contributed by atoms with Crippen LogP contribution in [0.3, 0.4) is 0 Å². The van der Waals surface area contributed by atoms with Gasteiger partial charge in [-0.3, -0.25) is 4.98 Å². The van der Waals surface area contributed by atoms with Crippen molar-refractivity contribution < 1.29 is 9.13 Å². The lowest BCUT2D eigenvalue weighted by Crippen LogP contribution is -2.19. The third-order valence-corrected chi connectivity index (χ3v) is 3.01. The molecule has 0 aliphatic rings. The van der Waals surface area contributed by atoms with Gasteiger partial charge < -0.3 is 10.5 Å². The Morgan fingerprint density at radius 3 is 2.78 bits per heavy atom. The van der Waals surface area contributed by atoms with Gasteiger partial charge in [0.1, 0.15) is 11.6 Å². The van der Waals surface area contributed by atoms with Gasteiger partial charge in [-0.25, -0.2) is 4.39 Å². The van der Waals surface area contributed by atoms with E-state index in [0.717, 1.165) is 5.69 Å². The first kappa shape index (κ1) is 13.0. The van der Waals surface area contributed by atoms with Gasteiger partial charge in [0.05, 0.1) is 10.2 Å². The fraction of sp³-hybridized carbons (Fsp3) is 0.154. The summed E-state index contributed by atoms with van der Waals surface area (Å²) >= 11 is 3.11. The summed E-state index contributed by atoms with van der Waals surface area (Å²) in [4.78, 5) is 4.20. The van der Waals surface area contributed by atoms with Crippen molar-refractivity contribution in [1.82, 2.24) is 4.98 Å². The van der Waals surface area contributed by atoms with E-state index in [1.165, 1.54) is 6.07 Å². The van der Waals surface area contributed by atoms with Crippen LogP contribution in [0.4, 0.5) is 4.39 Å². The summed E-state index contributed by atoms with van der Waals surface area (Å²) in [6.45, 7) is 0.298. The Labute approximate surface area is 113 Å². The summed E-state index contributed by atoms with van der Waals surface area (Å²) < 4.78 is 19.2. The molecule has 1 aromatic heterocycles. The molecule has 0 radical (unpaired) electrons. The summed E-state index contributed by atoms with van der Waals surface area (Å²) in [6, 6.07) is 10.0. The van der Waals surface area contributed by atoms with E-state index in [-0.39, 0.29) is 11.9 Å². The molecule has 0 saturated carbocycles. The molecule has 0 amide bonds. The lowest BCUT2D eigenvalue weighted by molar-refractivity contribution is 0.209. The second-order valence-corrected chi connectivity index (χ2v) is 4.53. The first-order valence-electron chi connectivity index (χ1n) is 5.43. The van der Waals surface area contributed by atoms with Gasteiger partial charge >= 0.3 is 0 Å². The van der Waals surface area contributed by atoms with Gasteiger partial charge in [0.25, 0.3) is 0 Å². The molecule has 0 aliphatic carbocycles. The van der Waals surface area contributed by atoms with Crippen LogP contribution in [0.25, 0.3) is 0 Å². The van der Waals surface area contributed by atoms with Crippen LogP contribution in [0.5, 0.6) is 5.75 Å². The second kappa shape index (κ2) is 5.93. The van der Waals surface area contributed by atoms with Crippen molar-refractivity contribution in [1.29, 1.82) is 0 Å². The molecule has 2 aromatic rings. The van der Waals surface area contributed by atoms with Crippen molar-refractivity contribution >= 4 is 15.9 Å². The minimum absolute atomic E-state index is 0.298. The summed E-state index contributed by atoms with van der Waals surface area (Å²) in [7, 11) is 0. The largest absolute Gasteiger partial charge is 0.483 e. The van der Waals surface area contributed by atoms with E-state index in [9.17, 15) is 4.39 Å². The Morgan fingerprint density at radius 2 is 2.17 bits per heavy atom. The molecular weight excluding hydrogens is 299 g/mol. The van der Waals surface area contributed by atoms with Gasteiger partial charge in [-0.15, -0.1) is 0 Å². The van der Waals surface area contributed by atoms with Crippen LogP contribution in [0.2, 0.25) is 0 Å². The molecule has 1 unspecified atom stereocenters. The smallest absolute Gasteiger partial charge is 0.153 e. The highest BCUT2D eigenvalue weighted by atomic mass is 79.9. The number of hydrogen-bond acceptors (Lipinski definition) is 3. The van der Waals surface area contributed by atoms with Gasteiger partial charge in [-0.2, -0.15) is 0 Å². The van der Waals surface area contributed by atoms with E-state index in [2.05, 4.69) is 20.9 Å². The number of aromatic nitrogens is 1. The van der Waals surface area contributed by atoms with Crippen molar-refractivity contribution in [2.24, 2.45) is 5.73 Å². The fourth-order valence-electron chi connectivity index (χ4n) is 1.51. The van der Waals surface area contributed by atoms with Gasteiger partial charge in [-0.1, -0.05) is 6.07 Å². The zero-order chi connectivity index (χ0) is 13.0. The van der Waals surface area contributed by atoms with E-state index in [4.69, 9.17) is 10.5 Å². The highest BCUT2D eigenvalue weighted by molar-refractivity contribution is 9.10. The van der Waals surface area contributed by atoms with Crippen molar-refractivity contribution in [2.45, 2.75) is 6.10 Å². The Kier molecular flexibility index (Phi) is 4.28. The topological polar surface area (TPSA) is 48.1 Å². The van der Waals surface area contributed by atoms with Crippen molar-refractivity contribution in [3.05, 3.63) is 58.6 Å². The molecule has 94 valence electrons. The molecule has 2 N–H and O–H groups in total. The van der Waals surface area contributed by atoms with Crippen molar-refractivity contribution in [3.8, 4) is 5.75 Å². The maximum Gasteiger partial charge on any atom is 0.153 e. The van der Waals surface area contributed by atoms with Crippen molar-refractivity contribution in [2.75, 3.05) is 6.54 Å². The molecule has 1 atom stereocenters. The number of nitrogens with zero attached hydrogens (tertiary/aromatic N) is 1. The van der Waals surface area contributed by atoms with E-state index in [0.29, 0.717) is 16.8 Å². The lowest BCUT2D eigenvalue weighted by atomic mass is 10.2.